The molecule has 0 saturated carbocycles. The number of amides is 1. The van der Waals surface area contributed by atoms with Crippen LogP contribution in [0.3, 0.4) is 0 Å². The van der Waals surface area contributed by atoms with Crippen LogP contribution in [0.1, 0.15) is 37.5 Å². The van der Waals surface area contributed by atoms with Gasteiger partial charge in [-0.05, 0) is 75.6 Å². The molecule has 0 fully saturated rings. The van der Waals surface area contributed by atoms with E-state index in [-0.39, 0.29) is 6.54 Å². The van der Waals surface area contributed by atoms with Gasteiger partial charge < -0.3 is 14.8 Å². The van der Waals surface area contributed by atoms with E-state index in [4.69, 9.17) is 9.47 Å². The summed E-state index contributed by atoms with van der Waals surface area (Å²) < 4.78 is 37.3. The van der Waals surface area contributed by atoms with E-state index in [2.05, 4.69) is 5.32 Å². The molecule has 0 spiro atoms. The second kappa shape index (κ2) is 10.5. The summed E-state index contributed by atoms with van der Waals surface area (Å²) in [4.78, 5) is 12.8. The first-order valence-corrected chi connectivity index (χ1v) is 12.2. The van der Waals surface area contributed by atoms with Crippen LogP contribution in [0.4, 0.5) is 5.69 Å². The predicted octanol–water partition coefficient (Wildman–Crippen LogP) is 3.57. The van der Waals surface area contributed by atoms with Gasteiger partial charge in [0.1, 0.15) is 6.04 Å². The first-order chi connectivity index (χ1) is 14.6. The highest BCUT2D eigenvalue weighted by Crippen LogP contribution is 2.29. The standard InChI is InChI=1S/C23H32N2O5S/c1-7-29-21-12-10-19(14-22(21)30-8-2)15-24-23(26)18(5)25(31(6,27)28)20-11-9-16(3)17(4)13-20/h9-14,18H,7-8,15H2,1-6H3,(H,24,26). The lowest BCUT2D eigenvalue weighted by molar-refractivity contribution is -0.122. The number of aryl methyl sites for hydroxylation is 2. The normalized spacial score (nSPS) is 12.2. The second-order valence-corrected chi connectivity index (χ2v) is 9.23. The minimum Gasteiger partial charge on any atom is -0.490 e. The zero-order chi connectivity index (χ0) is 23.2. The van der Waals surface area contributed by atoms with E-state index in [1.54, 1.807) is 25.1 Å². The molecule has 0 bridgehead atoms. The Balaban J connectivity index is 2.19. The van der Waals surface area contributed by atoms with Gasteiger partial charge in [-0.15, -0.1) is 0 Å². The third kappa shape index (κ3) is 6.37. The Morgan fingerprint density at radius 2 is 1.65 bits per heavy atom. The van der Waals surface area contributed by atoms with Crippen molar-refractivity contribution in [3.63, 3.8) is 0 Å². The Morgan fingerprint density at radius 1 is 1.00 bits per heavy atom. The molecule has 0 aliphatic heterocycles. The van der Waals surface area contributed by atoms with Crippen LogP contribution >= 0.6 is 0 Å². The molecule has 0 radical (unpaired) electrons. The molecule has 0 saturated heterocycles. The van der Waals surface area contributed by atoms with Crippen LogP contribution in [-0.2, 0) is 21.4 Å². The van der Waals surface area contributed by atoms with E-state index < -0.39 is 22.0 Å². The van der Waals surface area contributed by atoms with Gasteiger partial charge in [0, 0.05) is 6.54 Å². The van der Waals surface area contributed by atoms with Crippen LogP contribution in [0.5, 0.6) is 11.5 Å². The van der Waals surface area contributed by atoms with Crippen molar-refractivity contribution in [2.45, 2.75) is 47.2 Å². The van der Waals surface area contributed by atoms with E-state index >= 15 is 0 Å². The molecule has 1 unspecified atom stereocenters. The Bertz CT molecular complexity index is 1020. The summed E-state index contributed by atoms with van der Waals surface area (Å²) in [6.45, 7) is 10.5. The fraction of sp³-hybridized carbons (Fsp3) is 0.435. The largest absolute Gasteiger partial charge is 0.490 e. The molecule has 0 aromatic heterocycles. The minimum atomic E-state index is -3.66. The highest BCUT2D eigenvalue weighted by molar-refractivity contribution is 7.92. The highest BCUT2D eigenvalue weighted by atomic mass is 32.2. The molecule has 1 amide bonds. The van der Waals surface area contributed by atoms with Crippen LogP contribution in [-0.4, -0.2) is 39.8 Å². The highest BCUT2D eigenvalue weighted by Gasteiger charge is 2.29. The molecule has 170 valence electrons. The van der Waals surface area contributed by atoms with Gasteiger partial charge in [0.05, 0.1) is 25.2 Å². The Kier molecular flexibility index (Phi) is 8.33. The summed E-state index contributed by atoms with van der Waals surface area (Å²) in [7, 11) is -3.66. The third-order valence-corrected chi connectivity index (χ3v) is 6.15. The quantitative estimate of drug-likeness (QED) is 0.601. The zero-order valence-corrected chi connectivity index (χ0v) is 19.9. The number of nitrogens with zero attached hydrogens (tertiary/aromatic N) is 1. The maximum Gasteiger partial charge on any atom is 0.243 e. The average Bonchev–Trinajstić information content (AvgIpc) is 2.70. The number of carbonyl (C=O) groups excluding carboxylic acids is 1. The topological polar surface area (TPSA) is 84.9 Å². The molecule has 1 N–H and O–H groups in total. The van der Waals surface area contributed by atoms with Gasteiger partial charge in [-0.25, -0.2) is 8.42 Å². The van der Waals surface area contributed by atoms with Crippen LogP contribution in [0, 0.1) is 13.8 Å². The fourth-order valence-electron chi connectivity index (χ4n) is 3.21. The summed E-state index contributed by atoms with van der Waals surface area (Å²) in [5.74, 6) is 0.860. The molecule has 0 aliphatic carbocycles. The lowest BCUT2D eigenvalue weighted by Crippen LogP contribution is -2.47. The number of anilines is 1. The second-order valence-electron chi connectivity index (χ2n) is 7.37. The number of hydrogen-bond donors (Lipinski definition) is 1. The van der Waals surface area contributed by atoms with Gasteiger partial charge >= 0.3 is 0 Å². The van der Waals surface area contributed by atoms with Crippen molar-refractivity contribution >= 4 is 21.6 Å². The third-order valence-electron chi connectivity index (χ3n) is 4.91. The fourth-order valence-corrected chi connectivity index (χ4v) is 4.38. The van der Waals surface area contributed by atoms with E-state index in [0.29, 0.717) is 30.4 Å². The predicted molar refractivity (Wildman–Crippen MR) is 123 cm³/mol. The van der Waals surface area contributed by atoms with Gasteiger partial charge in [-0.3, -0.25) is 9.10 Å². The molecular weight excluding hydrogens is 416 g/mol. The summed E-state index contributed by atoms with van der Waals surface area (Å²) in [6, 6.07) is 9.90. The zero-order valence-electron chi connectivity index (χ0n) is 19.1. The Labute approximate surface area is 185 Å². The lowest BCUT2D eigenvalue weighted by atomic mass is 10.1. The summed E-state index contributed by atoms with van der Waals surface area (Å²) in [5, 5.41) is 2.83. The van der Waals surface area contributed by atoms with E-state index in [0.717, 1.165) is 27.3 Å². The molecule has 1 atom stereocenters. The first-order valence-electron chi connectivity index (χ1n) is 10.3. The molecule has 0 heterocycles. The van der Waals surface area contributed by atoms with Crippen LogP contribution in [0.15, 0.2) is 36.4 Å². The maximum absolute atomic E-state index is 12.8. The molecular formula is C23H32N2O5S. The van der Waals surface area contributed by atoms with Crippen molar-refractivity contribution < 1.29 is 22.7 Å². The summed E-state index contributed by atoms with van der Waals surface area (Å²) >= 11 is 0. The average molecular weight is 449 g/mol. The molecule has 7 nitrogen and oxygen atoms in total. The van der Waals surface area contributed by atoms with E-state index in [9.17, 15) is 13.2 Å². The number of ether oxygens (including phenoxy) is 2. The van der Waals surface area contributed by atoms with Crippen LogP contribution < -0.4 is 19.1 Å². The first kappa shape index (κ1) is 24.5. The molecule has 8 heteroatoms. The van der Waals surface area contributed by atoms with Crippen molar-refractivity contribution in [3.05, 3.63) is 53.1 Å². The monoisotopic (exact) mass is 448 g/mol. The molecule has 0 aliphatic rings. The van der Waals surface area contributed by atoms with Crippen molar-refractivity contribution in [1.29, 1.82) is 0 Å². The van der Waals surface area contributed by atoms with Gasteiger partial charge in [0.2, 0.25) is 15.9 Å². The number of carbonyl (C=O) groups is 1. The van der Waals surface area contributed by atoms with E-state index in [1.165, 1.54) is 0 Å². The molecule has 2 aromatic carbocycles. The SMILES string of the molecule is CCOc1ccc(CNC(=O)C(C)N(c2ccc(C)c(C)c2)S(C)(=O)=O)cc1OCC. The van der Waals surface area contributed by atoms with Crippen LogP contribution in [0.25, 0.3) is 0 Å². The lowest BCUT2D eigenvalue weighted by Gasteiger charge is -2.28. The number of sulfonamides is 1. The molecule has 2 aromatic rings. The van der Waals surface area contributed by atoms with Crippen molar-refractivity contribution in [3.8, 4) is 11.5 Å². The summed E-state index contributed by atoms with van der Waals surface area (Å²) in [6.07, 6.45) is 1.10. The molecule has 2 rings (SSSR count). The number of hydrogen-bond acceptors (Lipinski definition) is 5. The van der Waals surface area contributed by atoms with Crippen molar-refractivity contribution in [2.24, 2.45) is 0 Å². The Morgan fingerprint density at radius 3 is 2.23 bits per heavy atom. The van der Waals surface area contributed by atoms with Gasteiger partial charge in [0.15, 0.2) is 11.5 Å². The van der Waals surface area contributed by atoms with Crippen LogP contribution in [0.2, 0.25) is 0 Å². The van der Waals surface area contributed by atoms with Gasteiger partial charge in [0.25, 0.3) is 0 Å². The number of nitrogens with one attached hydrogen (secondary N) is 1. The van der Waals surface area contributed by atoms with Crippen molar-refractivity contribution in [1.82, 2.24) is 5.32 Å². The number of rotatable bonds is 10. The van der Waals surface area contributed by atoms with Crippen molar-refractivity contribution in [2.75, 3.05) is 23.8 Å². The summed E-state index contributed by atoms with van der Waals surface area (Å²) in [5.41, 5.74) is 3.30. The van der Waals surface area contributed by atoms with E-state index in [1.807, 2.05) is 45.9 Å². The Hall–Kier alpha value is -2.74. The van der Waals surface area contributed by atoms with Gasteiger partial charge in [-0.1, -0.05) is 12.1 Å². The molecule has 31 heavy (non-hydrogen) atoms. The minimum absolute atomic E-state index is 0.236. The maximum atomic E-state index is 12.8. The smallest absolute Gasteiger partial charge is 0.243 e. The van der Waals surface area contributed by atoms with Gasteiger partial charge in [-0.2, -0.15) is 0 Å². The number of benzene rings is 2.